The Morgan fingerprint density at radius 3 is 2.34 bits per heavy atom. The second-order valence-electron chi connectivity index (χ2n) is 9.54. The summed E-state index contributed by atoms with van der Waals surface area (Å²) >= 11 is 17.8. The number of hydrogen-bond donors (Lipinski definition) is 2. The standard InChI is InChI=1S/C18H17Cl3O3S.C8H13N3O2/c19-13-3-1-12(2-4-13)11-24-15-6-7-16(10-15)25(22,23)18-8-5-14(20)9-17(18)21;1-11-4-2-8(6-9,3-5-11)10-7(12)13/h1-5,8-9,15-16H,6-7,10-11H2;10H,2-5H2,1H3,(H,12,13)/t15-,16-;/m1./s1. The molecule has 2 fully saturated rings. The van der Waals surface area contributed by atoms with E-state index in [1.165, 1.54) is 12.1 Å². The molecule has 0 unspecified atom stereocenters. The molecule has 38 heavy (non-hydrogen) atoms. The van der Waals surface area contributed by atoms with Crippen LogP contribution in [0.4, 0.5) is 4.79 Å². The van der Waals surface area contributed by atoms with Crippen LogP contribution in [0.3, 0.4) is 0 Å². The molecule has 2 aliphatic rings. The molecular weight excluding hydrogens is 573 g/mol. The van der Waals surface area contributed by atoms with E-state index in [1.54, 1.807) is 6.07 Å². The third kappa shape index (κ3) is 8.22. The zero-order valence-corrected chi connectivity index (χ0v) is 24.0. The van der Waals surface area contributed by atoms with Crippen molar-refractivity contribution >= 4 is 50.7 Å². The Kier molecular flexibility index (Phi) is 10.7. The fraction of sp³-hybridized carbons (Fsp3) is 0.462. The van der Waals surface area contributed by atoms with E-state index < -0.39 is 26.7 Å². The van der Waals surface area contributed by atoms with Gasteiger partial charge < -0.3 is 20.1 Å². The summed E-state index contributed by atoms with van der Waals surface area (Å²) in [5, 5.41) is 20.5. The Morgan fingerprint density at radius 1 is 1.13 bits per heavy atom. The van der Waals surface area contributed by atoms with Crippen LogP contribution < -0.4 is 5.32 Å². The Hall–Kier alpha value is -2.06. The predicted molar refractivity (Wildman–Crippen MR) is 148 cm³/mol. The molecule has 1 saturated heterocycles. The number of nitrogens with zero attached hydrogens (tertiary/aromatic N) is 2. The fourth-order valence-corrected chi connectivity index (χ4v) is 7.20. The molecule has 1 saturated carbocycles. The largest absolute Gasteiger partial charge is 0.465 e. The molecule has 12 heteroatoms. The number of sulfone groups is 1. The number of carboxylic acid groups (broad SMARTS) is 1. The maximum atomic E-state index is 12.8. The first-order chi connectivity index (χ1) is 17.9. The molecule has 1 amide bonds. The third-order valence-electron chi connectivity index (χ3n) is 6.78. The smallest absolute Gasteiger partial charge is 0.405 e. The second-order valence-corrected chi connectivity index (χ2v) is 13.0. The van der Waals surface area contributed by atoms with E-state index in [1.807, 2.05) is 31.3 Å². The molecule has 0 radical (unpaired) electrons. The number of likely N-dealkylation sites (tertiary alicyclic amines) is 1. The molecule has 2 aromatic carbocycles. The Balaban J connectivity index is 0.000000260. The van der Waals surface area contributed by atoms with E-state index in [0.717, 1.165) is 18.7 Å². The molecule has 1 aliphatic heterocycles. The normalized spacial score (nSPS) is 21.1. The summed E-state index contributed by atoms with van der Waals surface area (Å²) in [6.07, 6.45) is 1.66. The van der Waals surface area contributed by atoms with Gasteiger partial charge in [0.15, 0.2) is 9.84 Å². The van der Waals surface area contributed by atoms with Crippen molar-refractivity contribution in [3.63, 3.8) is 0 Å². The number of ether oxygens (including phenoxy) is 1. The van der Waals surface area contributed by atoms with Gasteiger partial charge in [-0.3, -0.25) is 0 Å². The molecule has 1 aliphatic carbocycles. The second kappa shape index (κ2) is 13.3. The number of carbonyl (C=O) groups is 1. The Labute approximate surface area is 238 Å². The maximum Gasteiger partial charge on any atom is 0.405 e. The summed E-state index contributed by atoms with van der Waals surface area (Å²) in [7, 11) is -1.54. The van der Waals surface area contributed by atoms with Crippen molar-refractivity contribution in [2.45, 2.75) is 60.5 Å². The summed E-state index contributed by atoms with van der Waals surface area (Å²) < 4.78 is 31.5. The molecule has 8 nitrogen and oxygen atoms in total. The fourth-order valence-electron chi connectivity index (χ4n) is 4.48. The number of nitrogens with one attached hydrogen (secondary N) is 1. The van der Waals surface area contributed by atoms with Crippen molar-refractivity contribution in [1.82, 2.24) is 10.2 Å². The van der Waals surface area contributed by atoms with Gasteiger partial charge in [-0.25, -0.2) is 13.2 Å². The van der Waals surface area contributed by atoms with Gasteiger partial charge in [0.2, 0.25) is 0 Å². The van der Waals surface area contributed by atoms with Crippen molar-refractivity contribution in [2.75, 3.05) is 20.1 Å². The van der Waals surface area contributed by atoms with Gasteiger partial charge in [0, 0.05) is 23.1 Å². The number of hydrogen-bond acceptors (Lipinski definition) is 6. The number of rotatable bonds is 6. The van der Waals surface area contributed by atoms with Crippen LogP contribution in [0.5, 0.6) is 0 Å². The van der Waals surface area contributed by atoms with E-state index in [-0.39, 0.29) is 16.0 Å². The van der Waals surface area contributed by atoms with E-state index in [4.69, 9.17) is 49.9 Å². The minimum Gasteiger partial charge on any atom is -0.465 e. The number of nitriles is 1. The van der Waals surface area contributed by atoms with Crippen LogP contribution in [0, 0.1) is 11.3 Å². The molecule has 4 rings (SSSR count). The summed E-state index contributed by atoms with van der Waals surface area (Å²) in [5.41, 5.74) is 0.148. The zero-order chi connectivity index (χ0) is 27.9. The molecule has 1 heterocycles. The van der Waals surface area contributed by atoms with Gasteiger partial charge in [-0.2, -0.15) is 5.26 Å². The number of amides is 1. The lowest BCUT2D eigenvalue weighted by Crippen LogP contribution is -2.53. The van der Waals surface area contributed by atoms with E-state index in [0.29, 0.717) is 48.8 Å². The highest BCUT2D eigenvalue weighted by molar-refractivity contribution is 7.92. The molecule has 0 bridgehead atoms. The van der Waals surface area contributed by atoms with Crippen LogP contribution in [0.1, 0.15) is 37.7 Å². The van der Waals surface area contributed by atoms with Crippen LogP contribution in [-0.4, -0.2) is 61.5 Å². The van der Waals surface area contributed by atoms with Gasteiger partial charge in [0.1, 0.15) is 5.54 Å². The Morgan fingerprint density at radius 2 is 1.76 bits per heavy atom. The predicted octanol–water partition coefficient (Wildman–Crippen LogP) is 5.80. The highest BCUT2D eigenvalue weighted by Gasteiger charge is 2.37. The summed E-state index contributed by atoms with van der Waals surface area (Å²) in [4.78, 5) is 12.7. The van der Waals surface area contributed by atoms with Crippen molar-refractivity contribution in [3.8, 4) is 6.07 Å². The van der Waals surface area contributed by atoms with E-state index in [2.05, 4.69) is 16.3 Å². The minimum absolute atomic E-state index is 0.0819. The number of halogens is 3. The van der Waals surface area contributed by atoms with Gasteiger partial charge in [-0.15, -0.1) is 0 Å². The molecule has 2 atom stereocenters. The lowest BCUT2D eigenvalue weighted by atomic mass is 9.89. The molecule has 2 N–H and O–H groups in total. The average molecular weight is 603 g/mol. The summed E-state index contributed by atoms with van der Waals surface area (Å²) in [6.45, 7) is 1.96. The summed E-state index contributed by atoms with van der Waals surface area (Å²) in [5.74, 6) is 0. The number of benzene rings is 2. The monoisotopic (exact) mass is 601 g/mol. The first-order valence-corrected chi connectivity index (χ1v) is 14.8. The number of piperidine rings is 1. The molecule has 206 valence electrons. The van der Waals surface area contributed by atoms with Crippen molar-refractivity contribution in [1.29, 1.82) is 5.26 Å². The van der Waals surface area contributed by atoms with Crippen molar-refractivity contribution in [3.05, 3.63) is 63.1 Å². The first-order valence-electron chi connectivity index (χ1n) is 12.1. The molecular formula is C26H30Cl3N3O5S. The van der Waals surface area contributed by atoms with Crippen molar-refractivity contribution in [2.24, 2.45) is 0 Å². The van der Waals surface area contributed by atoms with Crippen LogP contribution in [0.15, 0.2) is 47.4 Å². The molecule has 2 aromatic rings. The average Bonchev–Trinajstić information content (AvgIpc) is 3.35. The van der Waals surface area contributed by atoms with Crippen molar-refractivity contribution < 1.29 is 23.1 Å². The Bertz CT molecular complexity index is 1260. The van der Waals surface area contributed by atoms with E-state index in [9.17, 15) is 13.2 Å². The van der Waals surface area contributed by atoms with Crippen LogP contribution >= 0.6 is 34.8 Å². The lowest BCUT2D eigenvalue weighted by Gasteiger charge is -2.34. The van der Waals surface area contributed by atoms with Gasteiger partial charge in [-0.1, -0.05) is 46.9 Å². The van der Waals surface area contributed by atoms with Crippen LogP contribution in [0.2, 0.25) is 15.1 Å². The van der Waals surface area contributed by atoms with E-state index >= 15 is 0 Å². The lowest BCUT2D eigenvalue weighted by molar-refractivity contribution is 0.0458. The highest BCUT2D eigenvalue weighted by atomic mass is 35.5. The minimum atomic E-state index is -3.50. The highest BCUT2D eigenvalue weighted by Crippen LogP contribution is 2.35. The maximum absolute atomic E-state index is 12.8. The summed E-state index contributed by atoms with van der Waals surface area (Å²) in [6, 6.07) is 14.0. The zero-order valence-electron chi connectivity index (χ0n) is 20.9. The van der Waals surface area contributed by atoms with Gasteiger partial charge in [0.05, 0.1) is 33.9 Å². The SMILES string of the molecule is CN1CCC(C#N)(NC(=O)O)CC1.O=S(=O)(c1ccc(Cl)cc1Cl)[C@@H]1CC[C@@H](OCc2ccc(Cl)cc2)C1. The molecule has 0 aromatic heterocycles. The van der Waals surface area contributed by atoms with Crippen LogP contribution in [-0.2, 0) is 21.2 Å². The van der Waals surface area contributed by atoms with Crippen LogP contribution in [0.25, 0.3) is 0 Å². The van der Waals surface area contributed by atoms with Gasteiger partial charge in [-0.05, 0) is 75.0 Å². The topological polar surface area (TPSA) is 120 Å². The first kappa shape index (κ1) is 30.5. The third-order valence-corrected chi connectivity index (χ3v) is 9.96. The van der Waals surface area contributed by atoms with Gasteiger partial charge >= 0.3 is 6.09 Å². The molecule has 0 spiro atoms. The van der Waals surface area contributed by atoms with Gasteiger partial charge in [0.25, 0.3) is 0 Å². The quantitative estimate of drug-likeness (QED) is 0.429.